The largest absolute Gasteiger partial charge is 0.452 e. The Morgan fingerprint density at radius 3 is 2.04 bits per heavy atom. The molecule has 0 aromatic heterocycles. The first kappa shape index (κ1) is 18.6. The molecule has 4 nitrogen and oxygen atoms in total. The van der Waals surface area contributed by atoms with E-state index >= 15 is 0 Å². The standard InChI is InChI=1S/C17H14Cl3NO3/c1-9-3-10(2)5-11(4-9)17(23)24-8-15(22)21-16-13(19)6-12(18)7-14(16)20/h3-7H,8H2,1-2H3,(H,21,22). The van der Waals surface area contributed by atoms with Gasteiger partial charge in [-0.1, -0.05) is 52.0 Å². The van der Waals surface area contributed by atoms with Crippen molar-refractivity contribution < 1.29 is 14.3 Å². The summed E-state index contributed by atoms with van der Waals surface area (Å²) in [5, 5.41) is 3.24. The average molecular weight is 387 g/mol. The first-order valence-corrected chi connectivity index (χ1v) is 8.09. The van der Waals surface area contributed by atoms with Crippen LogP contribution in [0.15, 0.2) is 30.3 Å². The van der Waals surface area contributed by atoms with Crippen LogP contribution in [0.25, 0.3) is 0 Å². The molecule has 0 saturated carbocycles. The Hall–Kier alpha value is -1.75. The first-order valence-electron chi connectivity index (χ1n) is 6.96. The van der Waals surface area contributed by atoms with Crippen molar-refractivity contribution in [3.63, 3.8) is 0 Å². The van der Waals surface area contributed by atoms with Gasteiger partial charge in [0.05, 0.1) is 21.3 Å². The van der Waals surface area contributed by atoms with Crippen LogP contribution >= 0.6 is 34.8 Å². The Bertz CT molecular complexity index is 762. The summed E-state index contributed by atoms with van der Waals surface area (Å²) in [7, 11) is 0. The average Bonchev–Trinajstić information content (AvgIpc) is 2.47. The minimum Gasteiger partial charge on any atom is -0.452 e. The molecule has 0 saturated heterocycles. The van der Waals surface area contributed by atoms with Crippen molar-refractivity contribution in [2.75, 3.05) is 11.9 Å². The lowest BCUT2D eigenvalue weighted by atomic mass is 10.1. The molecular weight excluding hydrogens is 373 g/mol. The summed E-state index contributed by atoms with van der Waals surface area (Å²) in [4.78, 5) is 23.9. The Morgan fingerprint density at radius 1 is 0.958 bits per heavy atom. The number of hydrogen-bond donors (Lipinski definition) is 1. The van der Waals surface area contributed by atoms with Gasteiger partial charge in [0.2, 0.25) is 0 Å². The van der Waals surface area contributed by atoms with E-state index in [2.05, 4.69) is 5.32 Å². The maximum atomic E-state index is 12.0. The maximum Gasteiger partial charge on any atom is 0.338 e. The fraction of sp³-hybridized carbons (Fsp3) is 0.176. The molecular formula is C17H14Cl3NO3. The SMILES string of the molecule is Cc1cc(C)cc(C(=O)OCC(=O)Nc2c(Cl)cc(Cl)cc2Cl)c1. The molecule has 1 amide bonds. The lowest BCUT2D eigenvalue weighted by Gasteiger charge is -2.10. The molecule has 2 rings (SSSR count). The third-order valence-corrected chi connectivity index (χ3v) is 3.88. The van der Waals surface area contributed by atoms with E-state index in [1.807, 2.05) is 19.9 Å². The summed E-state index contributed by atoms with van der Waals surface area (Å²) in [6, 6.07) is 8.23. The second-order valence-electron chi connectivity index (χ2n) is 5.25. The van der Waals surface area contributed by atoms with Gasteiger partial charge in [0.1, 0.15) is 0 Å². The molecule has 0 aliphatic heterocycles. The number of anilines is 1. The third-order valence-electron chi connectivity index (χ3n) is 3.06. The fourth-order valence-electron chi connectivity index (χ4n) is 2.14. The monoisotopic (exact) mass is 385 g/mol. The molecule has 2 aromatic carbocycles. The molecule has 2 aromatic rings. The number of rotatable bonds is 4. The van der Waals surface area contributed by atoms with Gasteiger partial charge in [-0.15, -0.1) is 0 Å². The van der Waals surface area contributed by atoms with E-state index in [9.17, 15) is 9.59 Å². The molecule has 1 N–H and O–H groups in total. The summed E-state index contributed by atoms with van der Waals surface area (Å²) in [5.74, 6) is -1.14. The van der Waals surface area contributed by atoms with Crippen molar-refractivity contribution >= 4 is 52.4 Å². The quantitative estimate of drug-likeness (QED) is 0.747. The highest BCUT2D eigenvalue weighted by Gasteiger charge is 2.14. The Kier molecular flexibility index (Phi) is 6.10. The van der Waals surface area contributed by atoms with Gasteiger partial charge in [0.15, 0.2) is 6.61 Å². The van der Waals surface area contributed by atoms with Crippen LogP contribution in [-0.4, -0.2) is 18.5 Å². The van der Waals surface area contributed by atoms with Gasteiger partial charge in [-0.25, -0.2) is 4.79 Å². The van der Waals surface area contributed by atoms with Crippen molar-refractivity contribution in [3.05, 3.63) is 62.1 Å². The zero-order valence-electron chi connectivity index (χ0n) is 13.0. The van der Waals surface area contributed by atoms with Crippen molar-refractivity contribution in [2.24, 2.45) is 0 Å². The van der Waals surface area contributed by atoms with Crippen molar-refractivity contribution in [1.82, 2.24) is 0 Å². The summed E-state index contributed by atoms with van der Waals surface area (Å²) < 4.78 is 5.01. The minimum atomic E-state index is -0.578. The smallest absolute Gasteiger partial charge is 0.338 e. The van der Waals surface area contributed by atoms with Crippen molar-refractivity contribution in [3.8, 4) is 0 Å². The zero-order chi connectivity index (χ0) is 17.9. The van der Waals surface area contributed by atoms with Crippen LogP contribution < -0.4 is 5.32 Å². The van der Waals surface area contributed by atoms with Crippen LogP contribution in [0.3, 0.4) is 0 Å². The number of hydrogen-bond acceptors (Lipinski definition) is 3. The molecule has 0 aliphatic rings. The molecule has 0 atom stereocenters. The third kappa shape index (κ3) is 4.87. The van der Waals surface area contributed by atoms with Gasteiger partial charge >= 0.3 is 5.97 Å². The molecule has 0 radical (unpaired) electrons. The van der Waals surface area contributed by atoms with Gasteiger partial charge in [-0.3, -0.25) is 4.79 Å². The Morgan fingerprint density at radius 2 is 1.50 bits per heavy atom. The lowest BCUT2D eigenvalue weighted by molar-refractivity contribution is -0.119. The minimum absolute atomic E-state index is 0.196. The number of benzene rings is 2. The van der Waals surface area contributed by atoms with Crippen LogP contribution in [0.5, 0.6) is 0 Å². The molecule has 0 heterocycles. The summed E-state index contributed by atoms with van der Waals surface area (Å²) >= 11 is 17.8. The number of carbonyl (C=O) groups excluding carboxylic acids is 2. The topological polar surface area (TPSA) is 55.4 Å². The zero-order valence-corrected chi connectivity index (χ0v) is 15.2. The van der Waals surface area contributed by atoms with E-state index in [1.54, 1.807) is 12.1 Å². The summed E-state index contributed by atoms with van der Waals surface area (Å²) in [6.45, 7) is 3.29. The number of aryl methyl sites for hydroxylation is 2. The second kappa shape index (κ2) is 7.88. The molecule has 0 unspecified atom stereocenters. The number of ether oxygens (including phenoxy) is 1. The van der Waals surface area contributed by atoms with E-state index in [4.69, 9.17) is 39.5 Å². The fourth-order valence-corrected chi connectivity index (χ4v) is 3.06. The second-order valence-corrected chi connectivity index (χ2v) is 6.50. The highest BCUT2D eigenvalue weighted by atomic mass is 35.5. The van der Waals surface area contributed by atoms with Crippen LogP contribution in [0.2, 0.25) is 15.1 Å². The highest BCUT2D eigenvalue weighted by molar-refractivity contribution is 6.42. The molecule has 0 aliphatic carbocycles. The number of nitrogens with one attached hydrogen (secondary N) is 1. The maximum absolute atomic E-state index is 12.0. The molecule has 0 bridgehead atoms. The van der Waals surface area contributed by atoms with Crippen molar-refractivity contribution in [2.45, 2.75) is 13.8 Å². The van der Waals surface area contributed by atoms with E-state index < -0.39 is 18.5 Å². The van der Waals surface area contributed by atoms with E-state index in [0.717, 1.165) is 11.1 Å². The summed E-state index contributed by atoms with van der Waals surface area (Å²) in [5.41, 5.74) is 2.48. The van der Waals surface area contributed by atoms with E-state index in [1.165, 1.54) is 12.1 Å². The Balaban J connectivity index is 2.00. The van der Waals surface area contributed by atoms with Crippen LogP contribution in [0.4, 0.5) is 5.69 Å². The number of esters is 1. The number of carbonyl (C=O) groups is 2. The first-order chi connectivity index (χ1) is 11.3. The molecule has 7 heteroatoms. The van der Waals surface area contributed by atoms with Crippen LogP contribution in [0, 0.1) is 13.8 Å². The van der Waals surface area contributed by atoms with Gasteiger partial charge < -0.3 is 10.1 Å². The van der Waals surface area contributed by atoms with E-state index in [-0.39, 0.29) is 15.7 Å². The van der Waals surface area contributed by atoms with Gasteiger partial charge in [-0.05, 0) is 38.1 Å². The predicted molar refractivity (Wildman–Crippen MR) is 96.3 cm³/mol. The predicted octanol–water partition coefficient (Wildman–Crippen LogP) is 5.06. The Labute approximate surface area is 154 Å². The highest BCUT2D eigenvalue weighted by Crippen LogP contribution is 2.33. The molecule has 126 valence electrons. The molecule has 0 fully saturated rings. The summed E-state index contributed by atoms with van der Waals surface area (Å²) in [6.07, 6.45) is 0. The normalized spacial score (nSPS) is 10.4. The number of halogens is 3. The van der Waals surface area contributed by atoms with Crippen LogP contribution in [-0.2, 0) is 9.53 Å². The molecule has 0 spiro atoms. The van der Waals surface area contributed by atoms with Gasteiger partial charge in [-0.2, -0.15) is 0 Å². The number of amides is 1. The van der Waals surface area contributed by atoms with Crippen LogP contribution in [0.1, 0.15) is 21.5 Å². The van der Waals surface area contributed by atoms with Gasteiger partial charge in [0, 0.05) is 5.02 Å². The lowest BCUT2D eigenvalue weighted by Crippen LogP contribution is -2.21. The molecule has 24 heavy (non-hydrogen) atoms. The van der Waals surface area contributed by atoms with Gasteiger partial charge in [0.25, 0.3) is 5.91 Å². The van der Waals surface area contributed by atoms with Crippen molar-refractivity contribution in [1.29, 1.82) is 0 Å². The van der Waals surface area contributed by atoms with E-state index in [0.29, 0.717) is 10.6 Å².